The van der Waals surface area contributed by atoms with Gasteiger partial charge in [-0.3, -0.25) is 0 Å². The Morgan fingerprint density at radius 2 is 2.09 bits per heavy atom. The smallest absolute Gasteiger partial charge is 0.171 e. The lowest BCUT2D eigenvalue weighted by molar-refractivity contribution is 0.710. The van der Waals surface area contributed by atoms with Gasteiger partial charge in [-0.1, -0.05) is 27.5 Å². The molecule has 0 aliphatic carbocycles. The largest absolute Gasteiger partial charge is 0.349 e. The maximum atomic E-state index is 6.44. The van der Waals surface area contributed by atoms with E-state index in [0.29, 0.717) is 0 Å². The van der Waals surface area contributed by atoms with Crippen molar-refractivity contribution in [3.8, 4) is 0 Å². The number of hydrogen-bond acceptors (Lipinski definition) is 3. The lowest BCUT2D eigenvalue weighted by Gasteiger charge is -2.27. The first kappa shape index (κ1) is 15.4. The Balaban J connectivity index is 1.76. The van der Waals surface area contributed by atoms with Crippen molar-refractivity contribution in [2.24, 2.45) is 0 Å². The van der Waals surface area contributed by atoms with Crippen LogP contribution in [0.3, 0.4) is 0 Å². The predicted molar refractivity (Wildman–Crippen MR) is 99.2 cm³/mol. The summed E-state index contributed by atoms with van der Waals surface area (Å²) in [6.45, 7) is 0.975. The lowest BCUT2D eigenvalue weighted by Crippen LogP contribution is -2.24. The fourth-order valence-electron chi connectivity index (χ4n) is 3.13. The molecule has 1 saturated heterocycles. The van der Waals surface area contributed by atoms with E-state index in [1.165, 1.54) is 0 Å². The molecule has 1 unspecified atom stereocenters. The summed E-state index contributed by atoms with van der Waals surface area (Å²) in [5.74, 6) is 0.956. The number of nitrogens with zero attached hydrogens (tertiary/aromatic N) is 4. The molecule has 4 nitrogen and oxygen atoms in total. The minimum absolute atomic E-state index is 0.247. The van der Waals surface area contributed by atoms with Crippen LogP contribution in [0.2, 0.25) is 5.02 Å². The standard InChI is InChI=1S/C16H13Br2ClN4/c17-10-3-4-13(19)11(8-10)14-2-1-6-22(14)15-5-7-23-16(21-15)12(18)9-20-23/h3-5,7-9,14H,1-2,6H2. The van der Waals surface area contributed by atoms with Crippen LogP contribution in [0.1, 0.15) is 24.4 Å². The summed E-state index contributed by atoms with van der Waals surface area (Å²) in [5.41, 5.74) is 1.97. The summed E-state index contributed by atoms with van der Waals surface area (Å²) in [5, 5.41) is 5.05. The van der Waals surface area contributed by atoms with Crippen LogP contribution < -0.4 is 4.90 Å². The molecule has 0 spiro atoms. The van der Waals surface area contributed by atoms with Crippen LogP contribution in [-0.4, -0.2) is 21.1 Å². The molecule has 4 rings (SSSR count). The van der Waals surface area contributed by atoms with Crippen molar-refractivity contribution < 1.29 is 0 Å². The molecule has 1 fully saturated rings. The van der Waals surface area contributed by atoms with E-state index >= 15 is 0 Å². The molecule has 1 aromatic carbocycles. The van der Waals surface area contributed by atoms with Gasteiger partial charge in [-0.15, -0.1) is 0 Å². The van der Waals surface area contributed by atoms with Crippen molar-refractivity contribution >= 4 is 54.9 Å². The van der Waals surface area contributed by atoms with Crippen molar-refractivity contribution in [3.63, 3.8) is 0 Å². The van der Waals surface area contributed by atoms with Crippen LogP contribution in [0, 0.1) is 0 Å². The van der Waals surface area contributed by atoms with Crippen LogP contribution in [0.25, 0.3) is 5.65 Å². The summed E-state index contributed by atoms with van der Waals surface area (Å²) in [7, 11) is 0. The Hall–Kier alpha value is -1.11. The third-order valence-corrected chi connectivity index (χ3v) is 5.57. The van der Waals surface area contributed by atoms with Gasteiger partial charge in [0.1, 0.15) is 5.82 Å². The lowest BCUT2D eigenvalue weighted by atomic mass is 10.0. The summed E-state index contributed by atoms with van der Waals surface area (Å²) in [6.07, 6.45) is 5.91. The van der Waals surface area contributed by atoms with Crippen LogP contribution in [0.4, 0.5) is 5.82 Å². The first-order valence-electron chi connectivity index (χ1n) is 7.35. The SMILES string of the molecule is Clc1ccc(Br)cc1C1CCCN1c1ccn2ncc(Br)c2n1. The Kier molecular flexibility index (Phi) is 4.07. The summed E-state index contributed by atoms with van der Waals surface area (Å²) in [6, 6.07) is 8.28. The zero-order chi connectivity index (χ0) is 16.0. The number of benzene rings is 1. The van der Waals surface area contributed by atoms with Gasteiger partial charge in [0.15, 0.2) is 5.65 Å². The Morgan fingerprint density at radius 1 is 1.22 bits per heavy atom. The molecule has 1 atom stereocenters. The molecule has 0 bridgehead atoms. The normalized spacial score (nSPS) is 18.0. The second-order valence-corrected chi connectivity index (χ2v) is 7.74. The summed E-state index contributed by atoms with van der Waals surface area (Å²) < 4.78 is 3.71. The van der Waals surface area contributed by atoms with Crippen molar-refractivity contribution in [2.75, 3.05) is 11.4 Å². The molecule has 3 aromatic rings. The molecule has 118 valence electrons. The van der Waals surface area contributed by atoms with E-state index in [1.54, 1.807) is 10.7 Å². The fourth-order valence-corrected chi connectivity index (χ4v) is 4.11. The number of aromatic nitrogens is 3. The molecule has 0 radical (unpaired) electrons. The van der Waals surface area contributed by atoms with E-state index < -0.39 is 0 Å². The van der Waals surface area contributed by atoms with Gasteiger partial charge in [0, 0.05) is 22.2 Å². The molecule has 1 aliphatic heterocycles. The number of fused-ring (bicyclic) bond motifs is 1. The van der Waals surface area contributed by atoms with Crippen molar-refractivity contribution in [3.05, 3.63) is 56.2 Å². The zero-order valence-electron chi connectivity index (χ0n) is 12.1. The molecule has 1 aliphatic rings. The first-order chi connectivity index (χ1) is 11.1. The third kappa shape index (κ3) is 2.77. The second kappa shape index (κ2) is 6.07. The number of halogens is 3. The highest BCUT2D eigenvalue weighted by Gasteiger charge is 2.29. The molecule has 2 aromatic heterocycles. The quantitative estimate of drug-likeness (QED) is 0.528. The molecular formula is C16H13Br2ClN4. The van der Waals surface area contributed by atoms with Crippen molar-refractivity contribution in [1.29, 1.82) is 0 Å². The summed E-state index contributed by atoms with van der Waals surface area (Å²) in [4.78, 5) is 7.10. The molecule has 23 heavy (non-hydrogen) atoms. The highest BCUT2D eigenvalue weighted by atomic mass is 79.9. The van der Waals surface area contributed by atoms with Gasteiger partial charge in [-0.25, -0.2) is 9.50 Å². The monoisotopic (exact) mass is 454 g/mol. The average molecular weight is 457 g/mol. The molecule has 0 amide bonds. The Morgan fingerprint density at radius 3 is 2.96 bits per heavy atom. The first-order valence-corrected chi connectivity index (χ1v) is 9.31. The number of anilines is 1. The van der Waals surface area contributed by atoms with Gasteiger partial charge in [-0.05, 0) is 58.6 Å². The minimum Gasteiger partial charge on any atom is -0.349 e. The highest BCUT2D eigenvalue weighted by Crippen LogP contribution is 2.39. The predicted octanol–water partition coefficient (Wildman–Crippen LogP) is 5.25. The van der Waals surface area contributed by atoms with Gasteiger partial charge in [-0.2, -0.15) is 5.10 Å². The Labute approximate surface area is 155 Å². The molecule has 0 saturated carbocycles. The minimum atomic E-state index is 0.247. The van der Waals surface area contributed by atoms with E-state index in [1.807, 2.05) is 24.4 Å². The number of rotatable bonds is 2. The average Bonchev–Trinajstić information content (AvgIpc) is 3.17. The van der Waals surface area contributed by atoms with Crippen LogP contribution in [0.15, 0.2) is 45.6 Å². The molecular weight excluding hydrogens is 443 g/mol. The van der Waals surface area contributed by atoms with Crippen LogP contribution in [0.5, 0.6) is 0 Å². The highest BCUT2D eigenvalue weighted by molar-refractivity contribution is 9.10. The van der Waals surface area contributed by atoms with E-state index in [0.717, 1.165) is 50.4 Å². The van der Waals surface area contributed by atoms with Gasteiger partial charge in [0.05, 0.1) is 16.7 Å². The van der Waals surface area contributed by atoms with E-state index in [9.17, 15) is 0 Å². The Bertz CT molecular complexity index is 880. The molecule has 0 N–H and O–H groups in total. The maximum Gasteiger partial charge on any atom is 0.171 e. The van der Waals surface area contributed by atoms with Gasteiger partial charge in [0.2, 0.25) is 0 Å². The van der Waals surface area contributed by atoms with Gasteiger partial charge < -0.3 is 4.90 Å². The fraction of sp³-hybridized carbons (Fsp3) is 0.250. The van der Waals surface area contributed by atoms with Gasteiger partial charge >= 0.3 is 0 Å². The van der Waals surface area contributed by atoms with E-state index in [4.69, 9.17) is 16.6 Å². The topological polar surface area (TPSA) is 33.4 Å². The zero-order valence-corrected chi connectivity index (χ0v) is 16.0. The summed E-state index contributed by atoms with van der Waals surface area (Å²) >= 11 is 13.5. The van der Waals surface area contributed by atoms with Gasteiger partial charge in [0.25, 0.3) is 0 Å². The van der Waals surface area contributed by atoms with Crippen LogP contribution in [-0.2, 0) is 0 Å². The molecule has 3 heterocycles. The van der Waals surface area contributed by atoms with Crippen molar-refractivity contribution in [1.82, 2.24) is 14.6 Å². The number of hydrogen-bond donors (Lipinski definition) is 0. The second-order valence-electron chi connectivity index (χ2n) is 5.56. The maximum absolute atomic E-state index is 6.44. The third-order valence-electron chi connectivity index (χ3n) is 4.18. The van der Waals surface area contributed by atoms with E-state index in [2.05, 4.69) is 47.9 Å². The van der Waals surface area contributed by atoms with E-state index in [-0.39, 0.29) is 6.04 Å². The van der Waals surface area contributed by atoms with Crippen LogP contribution >= 0.6 is 43.5 Å². The molecule has 7 heteroatoms. The van der Waals surface area contributed by atoms with Crippen molar-refractivity contribution in [2.45, 2.75) is 18.9 Å².